The lowest BCUT2D eigenvalue weighted by molar-refractivity contribution is -0.134. The van der Waals surface area contributed by atoms with Gasteiger partial charge in [0.05, 0.1) is 6.61 Å². The maximum atomic E-state index is 12.2. The third kappa shape index (κ3) is 11.6. The van der Waals surface area contributed by atoms with Crippen LogP contribution < -0.4 is 9.47 Å². The van der Waals surface area contributed by atoms with E-state index in [0.717, 1.165) is 31.8 Å². The topological polar surface area (TPSA) is 72.8 Å². The molecule has 0 aliphatic heterocycles. The van der Waals surface area contributed by atoms with Gasteiger partial charge in [0.2, 0.25) is 0 Å². The molecule has 0 bridgehead atoms. The fraction of sp³-hybridized carbons (Fsp3) is 0.474. The summed E-state index contributed by atoms with van der Waals surface area (Å²) < 4.78 is 11.1. The first-order valence-electron chi connectivity index (χ1n) is 9.16. The molecule has 0 aromatic heterocycles. The van der Waals surface area contributed by atoms with Crippen molar-refractivity contribution in [3.8, 4) is 11.5 Å². The summed E-state index contributed by atoms with van der Waals surface area (Å²) in [6.07, 6.45) is 6.71. The minimum atomic E-state index is -2.61. The highest BCUT2D eigenvalue weighted by atomic mass is 35.8. The van der Waals surface area contributed by atoms with Gasteiger partial charge in [-0.15, -0.1) is 33.2 Å². The van der Waals surface area contributed by atoms with Crippen molar-refractivity contribution < 1.29 is 24.2 Å². The van der Waals surface area contributed by atoms with E-state index in [-0.39, 0.29) is 18.1 Å². The molecule has 0 aliphatic carbocycles. The van der Waals surface area contributed by atoms with Crippen LogP contribution in [-0.4, -0.2) is 29.7 Å². The van der Waals surface area contributed by atoms with Gasteiger partial charge in [0, 0.05) is 12.5 Å². The van der Waals surface area contributed by atoms with E-state index in [0.29, 0.717) is 30.4 Å². The molecule has 1 N–H and O–H groups in total. The smallest absolute Gasteiger partial charge is 0.341 e. The molecule has 5 nitrogen and oxygen atoms in total. The normalized spacial score (nSPS) is 11.6. The third-order valence-electron chi connectivity index (χ3n) is 3.71. The summed E-state index contributed by atoms with van der Waals surface area (Å²) in [5, 5.41) is 8.76. The van der Waals surface area contributed by atoms with E-state index in [1.54, 1.807) is 18.2 Å². The van der Waals surface area contributed by atoms with Crippen LogP contribution in [0.3, 0.4) is 0 Å². The Bertz CT molecular complexity index is 674. The molecule has 0 spiro atoms. The largest absolute Gasteiger partial charge is 0.490 e. The van der Waals surface area contributed by atoms with E-state index in [1.807, 2.05) is 0 Å². The predicted molar refractivity (Wildman–Crippen MR) is 116 cm³/mol. The summed E-state index contributed by atoms with van der Waals surface area (Å²) in [6, 6.07) is 2.93. The van der Waals surface area contributed by atoms with E-state index in [9.17, 15) is 9.59 Å². The summed E-state index contributed by atoms with van der Waals surface area (Å²) in [5.74, 6) is -0.704. The number of benzene rings is 1. The molecule has 0 atom stereocenters. The molecular weight excluding hydrogens is 443 g/mol. The second-order valence-corrected chi connectivity index (χ2v) is 15.5. The van der Waals surface area contributed by atoms with Crippen LogP contribution in [0.2, 0.25) is 6.04 Å². The molecule has 0 unspecified atom stereocenters. The second-order valence-electron chi connectivity index (χ2n) is 6.23. The number of esters is 1. The van der Waals surface area contributed by atoms with Crippen LogP contribution in [0.1, 0.15) is 51.0 Å². The zero-order chi connectivity index (χ0) is 21.0. The van der Waals surface area contributed by atoms with Gasteiger partial charge >= 0.3 is 17.9 Å². The van der Waals surface area contributed by atoms with Crippen molar-refractivity contribution in [1.82, 2.24) is 0 Å². The summed E-state index contributed by atoms with van der Waals surface area (Å²) >= 11 is 17.5. The SMILES string of the molecule is CCCCOc1ccc(C=CC(=O)O)cc1OC(=O)CCCCC[Si](Cl)(Cl)Cl. The highest BCUT2D eigenvalue weighted by Gasteiger charge is 2.23. The second kappa shape index (κ2) is 13.1. The van der Waals surface area contributed by atoms with Crippen molar-refractivity contribution >= 4 is 57.3 Å². The van der Waals surface area contributed by atoms with Crippen molar-refractivity contribution in [1.29, 1.82) is 0 Å². The Morgan fingerprint density at radius 1 is 1.11 bits per heavy atom. The standard InChI is InChI=1S/C19H25Cl3O5Si/c1-2-3-12-26-16-10-8-15(9-11-18(23)24)14-17(16)27-19(25)7-5-4-6-13-28(20,21)22/h8-11,14H,2-7,12-13H2,1H3,(H,23,24). The molecule has 0 amide bonds. The van der Waals surface area contributed by atoms with Gasteiger partial charge in [-0.25, -0.2) is 4.79 Å². The van der Waals surface area contributed by atoms with Gasteiger partial charge in [-0.05, 0) is 42.7 Å². The highest BCUT2D eigenvalue weighted by Crippen LogP contribution is 2.30. The number of ether oxygens (including phenoxy) is 2. The molecule has 28 heavy (non-hydrogen) atoms. The lowest BCUT2D eigenvalue weighted by Crippen LogP contribution is -2.10. The molecule has 0 saturated heterocycles. The lowest BCUT2D eigenvalue weighted by Gasteiger charge is -2.12. The number of carbonyl (C=O) groups is 2. The quantitative estimate of drug-likeness (QED) is 0.0949. The Morgan fingerprint density at radius 3 is 2.50 bits per heavy atom. The fourth-order valence-electron chi connectivity index (χ4n) is 2.27. The Labute approximate surface area is 180 Å². The number of carbonyl (C=O) groups excluding carboxylic acids is 1. The van der Waals surface area contributed by atoms with Gasteiger partial charge in [0.1, 0.15) is 0 Å². The average molecular weight is 468 g/mol. The number of aliphatic carboxylic acids is 1. The van der Waals surface area contributed by atoms with E-state index in [2.05, 4.69) is 6.92 Å². The predicted octanol–water partition coefficient (Wildman–Crippen LogP) is 6.08. The molecule has 1 rings (SSSR count). The molecular formula is C19H25Cl3O5Si. The Balaban J connectivity index is 2.68. The van der Waals surface area contributed by atoms with Gasteiger partial charge in [-0.2, -0.15) is 0 Å². The summed E-state index contributed by atoms with van der Waals surface area (Å²) in [6.45, 7) is 2.56. The zero-order valence-corrected chi connectivity index (χ0v) is 19.0. The van der Waals surface area contributed by atoms with E-state index in [4.69, 9.17) is 47.8 Å². The molecule has 0 heterocycles. The maximum Gasteiger partial charge on any atom is 0.341 e. The highest BCUT2D eigenvalue weighted by molar-refractivity contribution is 7.64. The first-order chi connectivity index (χ1) is 13.2. The number of carboxylic acids is 1. The van der Waals surface area contributed by atoms with Gasteiger partial charge in [-0.3, -0.25) is 4.79 Å². The first-order valence-corrected chi connectivity index (χ1v) is 14.4. The van der Waals surface area contributed by atoms with Crippen LogP contribution in [0, 0.1) is 0 Å². The summed E-state index contributed by atoms with van der Waals surface area (Å²) in [5.41, 5.74) is 0.598. The van der Waals surface area contributed by atoms with Crippen LogP contribution in [0.4, 0.5) is 0 Å². The van der Waals surface area contributed by atoms with Gasteiger partial charge in [0.15, 0.2) is 11.5 Å². The molecule has 1 aromatic carbocycles. The van der Waals surface area contributed by atoms with Crippen molar-refractivity contribution in [3.63, 3.8) is 0 Å². The molecule has 0 fully saturated rings. The Kier molecular flexibility index (Phi) is 11.6. The molecule has 0 aliphatic rings. The first kappa shape index (κ1) is 24.8. The molecule has 0 saturated carbocycles. The number of hydrogen-bond donors (Lipinski definition) is 1. The van der Waals surface area contributed by atoms with Crippen molar-refractivity contribution in [2.45, 2.75) is 51.5 Å². The van der Waals surface area contributed by atoms with E-state index in [1.165, 1.54) is 6.08 Å². The van der Waals surface area contributed by atoms with Crippen molar-refractivity contribution in [2.24, 2.45) is 0 Å². The summed E-state index contributed by atoms with van der Waals surface area (Å²) in [7, 11) is 0. The number of hydrogen-bond acceptors (Lipinski definition) is 4. The van der Waals surface area contributed by atoms with Crippen molar-refractivity contribution in [2.75, 3.05) is 6.61 Å². The molecule has 9 heteroatoms. The van der Waals surface area contributed by atoms with Crippen LogP contribution in [-0.2, 0) is 9.59 Å². The fourth-order valence-corrected chi connectivity index (χ4v) is 4.12. The maximum absolute atomic E-state index is 12.2. The van der Waals surface area contributed by atoms with Crippen LogP contribution >= 0.6 is 33.2 Å². The monoisotopic (exact) mass is 466 g/mol. The zero-order valence-electron chi connectivity index (χ0n) is 15.8. The minimum Gasteiger partial charge on any atom is -0.490 e. The third-order valence-corrected chi connectivity index (χ3v) is 6.33. The van der Waals surface area contributed by atoms with Crippen LogP contribution in [0.25, 0.3) is 6.08 Å². The molecule has 0 radical (unpaired) electrons. The molecule has 1 aromatic rings. The Hall–Kier alpha value is -1.21. The van der Waals surface area contributed by atoms with Crippen molar-refractivity contribution in [3.05, 3.63) is 29.8 Å². The van der Waals surface area contributed by atoms with Gasteiger partial charge in [0.25, 0.3) is 0 Å². The van der Waals surface area contributed by atoms with E-state index >= 15 is 0 Å². The Morgan fingerprint density at radius 2 is 1.86 bits per heavy atom. The number of carboxylic acid groups (broad SMARTS) is 1. The number of unbranched alkanes of at least 4 members (excludes halogenated alkanes) is 3. The minimum absolute atomic E-state index is 0.241. The average Bonchev–Trinajstić information content (AvgIpc) is 2.60. The lowest BCUT2D eigenvalue weighted by atomic mass is 10.2. The summed E-state index contributed by atoms with van der Waals surface area (Å²) in [4.78, 5) is 22.9. The van der Waals surface area contributed by atoms with E-state index < -0.39 is 12.0 Å². The van der Waals surface area contributed by atoms with Crippen LogP contribution in [0.15, 0.2) is 24.3 Å². The number of halogens is 3. The van der Waals surface area contributed by atoms with Gasteiger partial charge < -0.3 is 14.6 Å². The molecule has 156 valence electrons. The number of rotatable bonds is 13. The van der Waals surface area contributed by atoms with Crippen LogP contribution in [0.5, 0.6) is 11.5 Å². The van der Waals surface area contributed by atoms with Gasteiger partial charge in [-0.1, -0.05) is 32.3 Å².